The summed E-state index contributed by atoms with van der Waals surface area (Å²) in [4.78, 5) is 11.6. The number of aromatic nitrogens is 1. The number of hydrogen-bond acceptors (Lipinski definition) is 5. The largest absolute Gasteiger partial charge is 0.493 e. The van der Waals surface area contributed by atoms with Crippen LogP contribution in [0.3, 0.4) is 0 Å². The highest BCUT2D eigenvalue weighted by Gasteiger charge is 2.30. The summed E-state index contributed by atoms with van der Waals surface area (Å²) < 4.78 is 36.5. The van der Waals surface area contributed by atoms with Crippen LogP contribution in [0.5, 0.6) is 11.5 Å². The summed E-state index contributed by atoms with van der Waals surface area (Å²) in [5, 5.41) is 0. The summed E-state index contributed by atoms with van der Waals surface area (Å²) in [7, 11) is -1.46. The Labute approximate surface area is 159 Å². The predicted octanol–water partition coefficient (Wildman–Crippen LogP) is 2.67. The summed E-state index contributed by atoms with van der Waals surface area (Å²) in [6.07, 6.45) is 3.92. The van der Waals surface area contributed by atoms with Crippen molar-refractivity contribution in [2.75, 3.05) is 18.6 Å². The van der Waals surface area contributed by atoms with Crippen LogP contribution in [-0.2, 0) is 9.84 Å². The molecule has 0 N–H and O–H groups in total. The highest BCUT2D eigenvalue weighted by atomic mass is 32.2. The second-order valence-electron chi connectivity index (χ2n) is 6.71. The third kappa shape index (κ3) is 4.60. The molecule has 0 spiro atoms. The quantitative estimate of drug-likeness (QED) is 0.786. The first kappa shape index (κ1) is 19.2. The number of nitrogens with zero attached hydrogens (tertiary/aromatic N) is 1. The number of sulfone groups is 1. The number of pyridine rings is 1. The van der Waals surface area contributed by atoms with Crippen molar-refractivity contribution >= 4 is 22.1 Å². The zero-order valence-corrected chi connectivity index (χ0v) is 16.5. The molecule has 0 amide bonds. The van der Waals surface area contributed by atoms with E-state index in [1.807, 2.05) is 42.8 Å². The van der Waals surface area contributed by atoms with Crippen molar-refractivity contribution in [1.29, 1.82) is 0 Å². The number of hydrogen-bond donors (Lipinski definition) is 0. The third-order valence-electron chi connectivity index (χ3n) is 4.55. The average Bonchev–Trinajstić information content (AvgIpc) is 2.92. The topological polar surface area (TPSA) is 74.6 Å². The van der Waals surface area contributed by atoms with Crippen molar-refractivity contribution in [1.82, 2.24) is 4.57 Å². The molecule has 144 valence electrons. The van der Waals surface area contributed by atoms with Gasteiger partial charge in [0, 0.05) is 29.7 Å². The first-order valence-electron chi connectivity index (χ1n) is 8.70. The Bertz CT molecular complexity index is 1010. The van der Waals surface area contributed by atoms with Gasteiger partial charge in [-0.1, -0.05) is 6.07 Å². The highest BCUT2D eigenvalue weighted by molar-refractivity contribution is 7.91. The molecule has 1 aliphatic rings. The molecule has 2 heterocycles. The van der Waals surface area contributed by atoms with Crippen LogP contribution in [0.1, 0.15) is 23.4 Å². The van der Waals surface area contributed by atoms with Gasteiger partial charge in [0.25, 0.3) is 0 Å². The molecule has 3 rings (SSSR count). The second-order valence-corrected chi connectivity index (χ2v) is 8.94. The van der Waals surface area contributed by atoms with E-state index in [9.17, 15) is 13.2 Å². The fourth-order valence-corrected chi connectivity index (χ4v) is 4.78. The van der Waals surface area contributed by atoms with Gasteiger partial charge in [0.05, 0.1) is 18.6 Å². The molecule has 1 aromatic carbocycles. The van der Waals surface area contributed by atoms with Crippen molar-refractivity contribution < 1.29 is 17.9 Å². The lowest BCUT2D eigenvalue weighted by molar-refractivity contribution is 0.218. The van der Waals surface area contributed by atoms with Gasteiger partial charge in [-0.25, -0.2) is 8.42 Å². The minimum atomic E-state index is -3.01. The smallest absolute Gasteiger partial charge is 0.182 e. The van der Waals surface area contributed by atoms with Crippen molar-refractivity contribution in [3.63, 3.8) is 0 Å². The number of methoxy groups -OCH3 is 1. The van der Waals surface area contributed by atoms with Crippen molar-refractivity contribution in [3.05, 3.63) is 57.5 Å². The van der Waals surface area contributed by atoms with Gasteiger partial charge in [-0.15, -0.1) is 0 Å². The lowest BCUT2D eigenvalue weighted by Gasteiger charge is -2.15. The maximum atomic E-state index is 11.7. The number of ether oxygens (including phenoxy) is 2. The SMILES string of the molecule is COc1ccc(/C=C/n2c(C)cc(=O)cc2C)cc1O[C@@H]1CCS(=O)(=O)C1. The molecule has 1 atom stereocenters. The molecule has 1 aliphatic heterocycles. The number of aryl methyl sites for hydroxylation is 2. The van der Waals surface area contributed by atoms with Gasteiger partial charge >= 0.3 is 0 Å². The molecule has 1 saturated heterocycles. The Morgan fingerprint density at radius 2 is 1.81 bits per heavy atom. The fourth-order valence-electron chi connectivity index (χ4n) is 3.19. The Balaban J connectivity index is 1.86. The van der Waals surface area contributed by atoms with E-state index in [4.69, 9.17) is 9.47 Å². The van der Waals surface area contributed by atoms with E-state index in [1.165, 1.54) is 0 Å². The minimum absolute atomic E-state index is 0.0127. The van der Waals surface area contributed by atoms with Crippen LogP contribution in [0.15, 0.2) is 35.1 Å². The van der Waals surface area contributed by atoms with E-state index in [-0.39, 0.29) is 23.0 Å². The highest BCUT2D eigenvalue weighted by Crippen LogP contribution is 2.31. The zero-order chi connectivity index (χ0) is 19.6. The molecule has 6 nitrogen and oxygen atoms in total. The molecule has 0 unspecified atom stereocenters. The Morgan fingerprint density at radius 3 is 2.41 bits per heavy atom. The minimum Gasteiger partial charge on any atom is -0.493 e. The molecule has 7 heteroatoms. The summed E-state index contributed by atoms with van der Waals surface area (Å²) in [5.74, 6) is 1.28. The molecular weight excluding hydrogens is 366 g/mol. The lowest BCUT2D eigenvalue weighted by Crippen LogP contribution is -2.18. The van der Waals surface area contributed by atoms with Crippen molar-refractivity contribution in [2.45, 2.75) is 26.4 Å². The van der Waals surface area contributed by atoms with Crippen LogP contribution in [0.25, 0.3) is 12.3 Å². The van der Waals surface area contributed by atoms with Gasteiger partial charge in [-0.3, -0.25) is 4.79 Å². The lowest BCUT2D eigenvalue weighted by atomic mass is 10.2. The van der Waals surface area contributed by atoms with Crippen LogP contribution in [-0.4, -0.2) is 37.7 Å². The number of benzene rings is 1. The summed E-state index contributed by atoms with van der Waals surface area (Å²) >= 11 is 0. The summed E-state index contributed by atoms with van der Waals surface area (Å²) in [5.41, 5.74) is 2.56. The zero-order valence-electron chi connectivity index (χ0n) is 15.6. The maximum absolute atomic E-state index is 11.7. The Kier molecular flexibility index (Phi) is 5.41. The Morgan fingerprint density at radius 1 is 1.11 bits per heavy atom. The molecular formula is C20H23NO5S. The van der Waals surface area contributed by atoms with Gasteiger partial charge in [-0.05, 0) is 44.0 Å². The van der Waals surface area contributed by atoms with Gasteiger partial charge in [0.2, 0.25) is 0 Å². The standard InChI is InChI=1S/C20H23NO5S/c1-14-10-17(22)11-15(2)21(14)8-6-16-4-5-19(25-3)20(12-16)26-18-7-9-27(23,24)13-18/h4-6,8,10-12,18H,7,9,13H2,1-3H3/b8-6+/t18-/m1/s1. The molecule has 2 aromatic rings. The molecule has 0 radical (unpaired) electrons. The van der Waals surface area contributed by atoms with E-state index in [0.29, 0.717) is 17.9 Å². The van der Waals surface area contributed by atoms with Crippen LogP contribution < -0.4 is 14.9 Å². The van der Waals surface area contributed by atoms with E-state index in [0.717, 1.165) is 17.0 Å². The second kappa shape index (κ2) is 7.60. The summed E-state index contributed by atoms with van der Waals surface area (Å²) in [6, 6.07) is 8.68. The van der Waals surface area contributed by atoms with E-state index in [1.54, 1.807) is 25.3 Å². The first-order valence-corrected chi connectivity index (χ1v) is 10.5. The van der Waals surface area contributed by atoms with Crippen LogP contribution in [0.2, 0.25) is 0 Å². The Hall–Kier alpha value is -2.54. The maximum Gasteiger partial charge on any atom is 0.182 e. The normalized spacial score (nSPS) is 18.7. The number of rotatable bonds is 5. The van der Waals surface area contributed by atoms with Crippen molar-refractivity contribution in [2.24, 2.45) is 0 Å². The fraction of sp³-hybridized carbons (Fsp3) is 0.350. The predicted molar refractivity (Wildman–Crippen MR) is 106 cm³/mol. The van der Waals surface area contributed by atoms with Crippen LogP contribution in [0, 0.1) is 13.8 Å². The molecule has 0 aliphatic carbocycles. The third-order valence-corrected chi connectivity index (χ3v) is 6.29. The van der Waals surface area contributed by atoms with Crippen LogP contribution >= 0.6 is 0 Å². The van der Waals surface area contributed by atoms with Gasteiger partial charge in [0.1, 0.15) is 6.10 Å². The molecule has 0 saturated carbocycles. The van der Waals surface area contributed by atoms with Crippen molar-refractivity contribution in [3.8, 4) is 11.5 Å². The van der Waals surface area contributed by atoms with Gasteiger partial charge in [-0.2, -0.15) is 0 Å². The van der Waals surface area contributed by atoms with Gasteiger partial charge in [0.15, 0.2) is 26.8 Å². The van der Waals surface area contributed by atoms with Crippen LogP contribution in [0.4, 0.5) is 0 Å². The van der Waals surface area contributed by atoms with Gasteiger partial charge < -0.3 is 14.0 Å². The van der Waals surface area contributed by atoms with E-state index >= 15 is 0 Å². The molecule has 27 heavy (non-hydrogen) atoms. The molecule has 0 bridgehead atoms. The first-order chi connectivity index (χ1) is 12.8. The molecule has 1 fully saturated rings. The molecule has 1 aromatic heterocycles. The van der Waals surface area contributed by atoms with E-state index in [2.05, 4.69) is 0 Å². The monoisotopic (exact) mass is 389 g/mol. The average molecular weight is 389 g/mol. The van der Waals surface area contributed by atoms with E-state index < -0.39 is 9.84 Å². The summed E-state index contributed by atoms with van der Waals surface area (Å²) in [6.45, 7) is 3.75.